The van der Waals surface area contributed by atoms with Crippen LogP contribution in [-0.4, -0.2) is 29.1 Å². The number of hydrogen-bond acceptors (Lipinski definition) is 4. The zero-order chi connectivity index (χ0) is 14.9. The van der Waals surface area contributed by atoms with Crippen LogP contribution in [0.1, 0.15) is 12.8 Å². The third-order valence-electron chi connectivity index (χ3n) is 3.26. The van der Waals surface area contributed by atoms with E-state index in [1.807, 2.05) is 12.1 Å². The molecule has 8 heteroatoms. The van der Waals surface area contributed by atoms with Crippen molar-refractivity contribution in [1.29, 1.82) is 0 Å². The standard InChI is InChI=1S/C13H15N3O3S2/c17-20(8-1-2-9-20)16-21(18,19)15-12-6-5-11-4-3-7-14-13(11)10-12/h3-7,10,15H,1-2,8-9H2. The van der Waals surface area contributed by atoms with E-state index in [1.54, 1.807) is 24.4 Å². The van der Waals surface area contributed by atoms with Gasteiger partial charge in [0.25, 0.3) is 0 Å². The Balaban J connectivity index is 1.92. The average molecular weight is 325 g/mol. The molecule has 112 valence electrons. The van der Waals surface area contributed by atoms with Crippen molar-refractivity contribution < 1.29 is 12.6 Å². The molecule has 1 aromatic carbocycles. The van der Waals surface area contributed by atoms with Crippen LogP contribution in [0.2, 0.25) is 0 Å². The van der Waals surface area contributed by atoms with Crippen molar-refractivity contribution in [2.24, 2.45) is 3.77 Å². The van der Waals surface area contributed by atoms with Crippen molar-refractivity contribution in [1.82, 2.24) is 4.98 Å². The highest BCUT2D eigenvalue weighted by Gasteiger charge is 2.21. The topological polar surface area (TPSA) is 88.5 Å². The molecular weight excluding hydrogens is 310 g/mol. The van der Waals surface area contributed by atoms with E-state index >= 15 is 0 Å². The third-order valence-corrected chi connectivity index (χ3v) is 7.48. The number of pyridine rings is 1. The number of rotatable bonds is 3. The van der Waals surface area contributed by atoms with E-state index in [0.717, 1.165) is 18.2 Å². The maximum atomic E-state index is 12.2. The molecule has 0 spiro atoms. The Morgan fingerprint density at radius 1 is 1.19 bits per heavy atom. The highest BCUT2D eigenvalue weighted by Crippen LogP contribution is 2.20. The number of nitrogens with one attached hydrogen (secondary N) is 1. The van der Waals surface area contributed by atoms with Gasteiger partial charge < -0.3 is 0 Å². The lowest BCUT2D eigenvalue weighted by atomic mass is 10.2. The first-order valence-electron chi connectivity index (χ1n) is 6.57. The lowest BCUT2D eigenvalue weighted by Crippen LogP contribution is -2.13. The van der Waals surface area contributed by atoms with E-state index in [-0.39, 0.29) is 0 Å². The van der Waals surface area contributed by atoms with Crippen molar-refractivity contribution in [2.45, 2.75) is 12.8 Å². The monoisotopic (exact) mass is 325 g/mol. The summed E-state index contributed by atoms with van der Waals surface area (Å²) in [5, 5.41) is 0.916. The minimum absolute atomic E-state index is 0.354. The van der Waals surface area contributed by atoms with Gasteiger partial charge in [-0.3, -0.25) is 9.71 Å². The quantitative estimate of drug-likeness (QED) is 0.936. The number of anilines is 1. The number of nitrogens with zero attached hydrogens (tertiary/aromatic N) is 2. The molecule has 1 aromatic heterocycles. The molecule has 21 heavy (non-hydrogen) atoms. The Morgan fingerprint density at radius 3 is 2.71 bits per heavy atom. The van der Waals surface area contributed by atoms with Crippen molar-refractivity contribution in [3.8, 4) is 0 Å². The van der Waals surface area contributed by atoms with E-state index in [2.05, 4.69) is 13.5 Å². The fourth-order valence-electron chi connectivity index (χ4n) is 2.31. The molecule has 0 atom stereocenters. The Bertz CT molecular complexity index is 888. The second kappa shape index (κ2) is 5.27. The number of aromatic nitrogens is 1. The van der Waals surface area contributed by atoms with Crippen LogP contribution >= 0.6 is 0 Å². The van der Waals surface area contributed by atoms with E-state index < -0.39 is 19.9 Å². The SMILES string of the molecule is O=S(=O)(N=S1(=O)CCCC1)Nc1ccc2cccnc2c1. The summed E-state index contributed by atoms with van der Waals surface area (Å²) in [7, 11) is -6.59. The fraction of sp³-hybridized carbons (Fsp3) is 0.308. The molecule has 0 saturated carbocycles. The van der Waals surface area contributed by atoms with Gasteiger partial charge in [0.2, 0.25) is 0 Å². The molecule has 1 saturated heterocycles. The van der Waals surface area contributed by atoms with Gasteiger partial charge in [0.05, 0.1) is 20.9 Å². The first kappa shape index (κ1) is 14.3. The molecule has 2 aromatic rings. The first-order valence-corrected chi connectivity index (χ1v) is 9.87. The molecule has 0 amide bonds. The molecular formula is C13H15N3O3S2. The van der Waals surface area contributed by atoms with Crippen LogP contribution in [-0.2, 0) is 19.9 Å². The highest BCUT2D eigenvalue weighted by atomic mass is 32.3. The predicted octanol–water partition coefficient (Wildman–Crippen LogP) is 2.15. The van der Waals surface area contributed by atoms with Gasteiger partial charge in [0.15, 0.2) is 0 Å². The van der Waals surface area contributed by atoms with Crippen molar-refractivity contribution >= 4 is 36.5 Å². The van der Waals surface area contributed by atoms with Gasteiger partial charge in [-0.15, -0.1) is 0 Å². The number of hydrogen-bond donors (Lipinski definition) is 1. The summed E-state index contributed by atoms with van der Waals surface area (Å²) in [5.74, 6) is 0.709. The molecule has 0 radical (unpaired) electrons. The molecule has 0 bridgehead atoms. The smallest absolute Gasteiger partial charge is 0.265 e. The minimum atomic E-state index is -3.97. The lowest BCUT2D eigenvalue weighted by Gasteiger charge is -2.06. The molecule has 1 N–H and O–H groups in total. The molecule has 0 aliphatic carbocycles. The van der Waals surface area contributed by atoms with Crippen LogP contribution in [0.15, 0.2) is 40.3 Å². The normalized spacial score (nSPS) is 17.7. The Labute approximate surface area is 124 Å². The molecule has 2 heterocycles. The second-order valence-corrected chi connectivity index (χ2v) is 9.06. The van der Waals surface area contributed by atoms with Gasteiger partial charge in [-0.2, -0.15) is 8.42 Å². The number of fused-ring (bicyclic) bond motifs is 1. The Hall–Kier alpha value is -1.67. The number of benzene rings is 1. The molecule has 1 fully saturated rings. The average Bonchev–Trinajstić information content (AvgIpc) is 2.83. The Kier molecular flexibility index (Phi) is 3.58. The zero-order valence-electron chi connectivity index (χ0n) is 11.2. The molecule has 6 nitrogen and oxygen atoms in total. The van der Waals surface area contributed by atoms with Gasteiger partial charge in [-0.25, -0.2) is 4.21 Å². The molecule has 0 unspecified atom stereocenters. The molecule has 1 aliphatic heterocycles. The second-order valence-electron chi connectivity index (χ2n) is 4.95. The summed E-state index contributed by atoms with van der Waals surface area (Å²) in [6, 6.07) is 8.74. The largest absolute Gasteiger partial charge is 0.350 e. The van der Waals surface area contributed by atoms with Crippen molar-refractivity contribution in [2.75, 3.05) is 16.2 Å². The van der Waals surface area contributed by atoms with E-state index in [9.17, 15) is 12.6 Å². The molecule has 3 rings (SSSR count). The zero-order valence-corrected chi connectivity index (χ0v) is 12.9. The van der Waals surface area contributed by atoms with Crippen LogP contribution in [0.4, 0.5) is 5.69 Å². The minimum Gasteiger partial charge on any atom is -0.265 e. The van der Waals surface area contributed by atoms with Gasteiger partial charge in [0, 0.05) is 23.1 Å². The van der Waals surface area contributed by atoms with Gasteiger partial charge >= 0.3 is 10.2 Å². The van der Waals surface area contributed by atoms with E-state index in [1.165, 1.54) is 0 Å². The molecule has 1 aliphatic rings. The maximum absolute atomic E-state index is 12.2. The lowest BCUT2D eigenvalue weighted by molar-refractivity contribution is 0.603. The van der Waals surface area contributed by atoms with Gasteiger partial charge in [0.1, 0.15) is 0 Å². The maximum Gasteiger partial charge on any atom is 0.350 e. The van der Waals surface area contributed by atoms with Crippen LogP contribution in [0.5, 0.6) is 0 Å². The summed E-state index contributed by atoms with van der Waals surface area (Å²) in [5.41, 5.74) is 1.05. The summed E-state index contributed by atoms with van der Waals surface area (Å²) < 4.78 is 42.2. The van der Waals surface area contributed by atoms with Crippen LogP contribution in [0.25, 0.3) is 10.9 Å². The van der Waals surface area contributed by atoms with Crippen LogP contribution in [0.3, 0.4) is 0 Å². The van der Waals surface area contributed by atoms with Gasteiger partial charge in [-0.05, 0) is 31.0 Å². The summed E-state index contributed by atoms with van der Waals surface area (Å²) in [4.78, 5) is 4.17. The van der Waals surface area contributed by atoms with Crippen LogP contribution < -0.4 is 4.72 Å². The summed E-state index contributed by atoms with van der Waals surface area (Å²) in [6.45, 7) is 0. The Morgan fingerprint density at radius 2 is 1.95 bits per heavy atom. The first-order chi connectivity index (χ1) is 9.96. The third kappa shape index (κ3) is 3.33. The van der Waals surface area contributed by atoms with Crippen LogP contribution in [0, 0.1) is 0 Å². The van der Waals surface area contributed by atoms with Crippen molar-refractivity contribution in [3.63, 3.8) is 0 Å². The summed E-state index contributed by atoms with van der Waals surface area (Å²) >= 11 is 0. The highest BCUT2D eigenvalue weighted by molar-refractivity contribution is 8.03. The predicted molar refractivity (Wildman–Crippen MR) is 83.8 cm³/mol. The summed E-state index contributed by atoms with van der Waals surface area (Å²) in [6.07, 6.45) is 3.16. The van der Waals surface area contributed by atoms with E-state index in [4.69, 9.17) is 0 Å². The van der Waals surface area contributed by atoms with E-state index in [0.29, 0.717) is 22.7 Å². The fourth-order valence-corrected chi connectivity index (χ4v) is 6.42. The van der Waals surface area contributed by atoms with Gasteiger partial charge in [-0.1, -0.05) is 15.9 Å². The van der Waals surface area contributed by atoms with Crippen molar-refractivity contribution in [3.05, 3.63) is 36.5 Å².